The molecule has 1 N–H and O–H groups in total. The normalized spacial score (nSPS) is 10.3. The molecule has 0 heterocycles. The van der Waals surface area contributed by atoms with Gasteiger partial charge in [0.15, 0.2) is 6.61 Å². The van der Waals surface area contributed by atoms with E-state index in [9.17, 15) is 4.79 Å². The van der Waals surface area contributed by atoms with Crippen LogP contribution in [-0.2, 0) is 16.0 Å². The van der Waals surface area contributed by atoms with Crippen LogP contribution in [0.3, 0.4) is 0 Å². The van der Waals surface area contributed by atoms with Crippen LogP contribution in [0, 0.1) is 0 Å². The maximum Gasteiger partial charge on any atom is 0.262 e. The molecular weight excluding hydrogens is 318 g/mol. The average molecular weight is 343 g/mol. The summed E-state index contributed by atoms with van der Waals surface area (Å²) < 4.78 is 16.2. The van der Waals surface area contributed by atoms with Gasteiger partial charge in [0.1, 0.15) is 18.1 Å². The molecule has 0 aliphatic rings. The molecule has 2 rings (SSSR count). The van der Waals surface area contributed by atoms with Crippen molar-refractivity contribution < 1.29 is 19.0 Å². The molecule has 0 fully saturated rings. The number of hydrogen-bond donors (Lipinski definition) is 1. The van der Waals surface area contributed by atoms with Gasteiger partial charge in [-0.25, -0.2) is 0 Å². The molecule has 2 aromatic carbocycles. The van der Waals surface area contributed by atoms with Crippen molar-refractivity contribution in [2.24, 2.45) is 0 Å². The van der Waals surface area contributed by atoms with Crippen LogP contribution in [0.15, 0.2) is 48.5 Å². The quantitative estimate of drug-likeness (QED) is 0.669. The predicted molar refractivity (Wildman–Crippen MR) is 98.4 cm³/mol. The van der Waals surface area contributed by atoms with Crippen molar-refractivity contribution in [3.63, 3.8) is 0 Å². The zero-order chi connectivity index (χ0) is 17.9. The highest BCUT2D eigenvalue weighted by atomic mass is 16.5. The van der Waals surface area contributed by atoms with Crippen molar-refractivity contribution in [3.05, 3.63) is 54.1 Å². The molecule has 0 aromatic heterocycles. The van der Waals surface area contributed by atoms with Crippen LogP contribution in [0.25, 0.3) is 0 Å². The smallest absolute Gasteiger partial charge is 0.262 e. The Kier molecular flexibility index (Phi) is 7.79. The average Bonchev–Trinajstić information content (AvgIpc) is 2.65. The lowest BCUT2D eigenvalue weighted by molar-refractivity contribution is -0.118. The van der Waals surface area contributed by atoms with Gasteiger partial charge in [-0.15, -0.1) is 0 Å². The molecule has 0 saturated heterocycles. The number of carbonyl (C=O) groups excluding carboxylic acids is 1. The van der Waals surface area contributed by atoms with E-state index in [4.69, 9.17) is 14.2 Å². The lowest BCUT2D eigenvalue weighted by Gasteiger charge is -2.09. The molecule has 5 nitrogen and oxygen atoms in total. The molecule has 0 atom stereocenters. The van der Waals surface area contributed by atoms with Crippen LogP contribution in [0.1, 0.15) is 19.4 Å². The molecule has 0 radical (unpaired) electrons. The van der Waals surface area contributed by atoms with Crippen LogP contribution >= 0.6 is 0 Å². The van der Waals surface area contributed by atoms with Crippen molar-refractivity contribution in [2.75, 3.05) is 31.7 Å². The molecule has 0 saturated carbocycles. The molecule has 2 aromatic rings. The first kappa shape index (κ1) is 18.8. The van der Waals surface area contributed by atoms with Gasteiger partial charge in [-0.1, -0.05) is 19.1 Å². The molecule has 1 amide bonds. The highest BCUT2D eigenvalue weighted by Crippen LogP contribution is 2.16. The van der Waals surface area contributed by atoms with Gasteiger partial charge >= 0.3 is 0 Å². The molecule has 0 unspecified atom stereocenters. The van der Waals surface area contributed by atoms with Crippen molar-refractivity contribution in [1.82, 2.24) is 0 Å². The Labute approximate surface area is 148 Å². The number of aryl methyl sites for hydroxylation is 1. The zero-order valence-corrected chi connectivity index (χ0v) is 14.8. The molecule has 0 bridgehead atoms. The summed E-state index contributed by atoms with van der Waals surface area (Å²) >= 11 is 0. The summed E-state index contributed by atoms with van der Waals surface area (Å²) in [7, 11) is 0. The van der Waals surface area contributed by atoms with Crippen LogP contribution < -0.4 is 14.8 Å². The SMILES string of the molecule is CCOCCOc1ccc(NC(=O)COc2ccc(CC)cc2)cc1. The summed E-state index contributed by atoms with van der Waals surface area (Å²) in [5.41, 5.74) is 1.94. The number of hydrogen-bond acceptors (Lipinski definition) is 4. The second-order valence-corrected chi connectivity index (χ2v) is 5.40. The lowest BCUT2D eigenvalue weighted by Crippen LogP contribution is -2.20. The molecule has 0 spiro atoms. The number of carbonyl (C=O) groups is 1. The van der Waals surface area contributed by atoms with Gasteiger partial charge in [-0.3, -0.25) is 4.79 Å². The van der Waals surface area contributed by atoms with Gasteiger partial charge in [0.25, 0.3) is 5.91 Å². The second-order valence-electron chi connectivity index (χ2n) is 5.40. The van der Waals surface area contributed by atoms with E-state index in [1.807, 2.05) is 43.3 Å². The van der Waals surface area contributed by atoms with Gasteiger partial charge in [0.05, 0.1) is 6.61 Å². The summed E-state index contributed by atoms with van der Waals surface area (Å²) in [6.07, 6.45) is 0.978. The first-order chi connectivity index (χ1) is 12.2. The summed E-state index contributed by atoms with van der Waals surface area (Å²) in [5, 5.41) is 2.79. The van der Waals surface area contributed by atoms with Gasteiger partial charge in [-0.05, 0) is 55.3 Å². The molecule has 134 valence electrons. The van der Waals surface area contributed by atoms with Crippen LogP contribution in [0.2, 0.25) is 0 Å². The Bertz CT molecular complexity index is 638. The van der Waals surface area contributed by atoms with E-state index < -0.39 is 0 Å². The summed E-state index contributed by atoms with van der Waals surface area (Å²) in [6, 6.07) is 15.0. The fourth-order valence-corrected chi connectivity index (χ4v) is 2.16. The maximum absolute atomic E-state index is 12.0. The fraction of sp³-hybridized carbons (Fsp3) is 0.350. The monoisotopic (exact) mass is 343 g/mol. The van der Waals surface area contributed by atoms with Crippen molar-refractivity contribution >= 4 is 11.6 Å². The summed E-state index contributed by atoms with van der Waals surface area (Å²) in [6.45, 7) is 5.76. The molecule has 0 aliphatic heterocycles. The molecular formula is C20H25NO4. The van der Waals surface area contributed by atoms with Gasteiger partial charge < -0.3 is 19.5 Å². The van der Waals surface area contributed by atoms with E-state index in [1.165, 1.54) is 5.56 Å². The number of ether oxygens (including phenoxy) is 3. The number of nitrogens with one attached hydrogen (secondary N) is 1. The lowest BCUT2D eigenvalue weighted by atomic mass is 10.2. The number of anilines is 1. The predicted octanol–water partition coefficient (Wildman–Crippen LogP) is 3.68. The fourth-order valence-electron chi connectivity index (χ4n) is 2.16. The van der Waals surface area contributed by atoms with Crippen molar-refractivity contribution in [1.29, 1.82) is 0 Å². The molecule has 5 heteroatoms. The van der Waals surface area contributed by atoms with E-state index in [-0.39, 0.29) is 12.5 Å². The van der Waals surface area contributed by atoms with Crippen molar-refractivity contribution in [2.45, 2.75) is 20.3 Å². The molecule has 0 aliphatic carbocycles. The third-order valence-corrected chi connectivity index (χ3v) is 3.54. The minimum absolute atomic E-state index is 0.0297. The minimum Gasteiger partial charge on any atom is -0.491 e. The Balaban J connectivity index is 1.74. The topological polar surface area (TPSA) is 56.8 Å². The van der Waals surface area contributed by atoms with Gasteiger partial charge in [0.2, 0.25) is 0 Å². The third-order valence-electron chi connectivity index (χ3n) is 3.54. The van der Waals surface area contributed by atoms with Crippen LogP contribution in [0.4, 0.5) is 5.69 Å². The minimum atomic E-state index is -0.204. The van der Waals surface area contributed by atoms with Crippen molar-refractivity contribution in [3.8, 4) is 11.5 Å². The standard InChI is InChI=1S/C20H25NO4/c1-3-16-5-9-19(10-6-16)25-15-20(22)21-17-7-11-18(12-8-17)24-14-13-23-4-2/h5-12H,3-4,13-15H2,1-2H3,(H,21,22). The van der Waals surface area contributed by atoms with E-state index in [1.54, 1.807) is 12.1 Å². The Morgan fingerprint density at radius 1 is 0.880 bits per heavy atom. The van der Waals surface area contributed by atoms with Gasteiger partial charge in [0, 0.05) is 12.3 Å². The second kappa shape index (κ2) is 10.4. The number of amides is 1. The Morgan fingerprint density at radius 2 is 1.52 bits per heavy atom. The highest BCUT2D eigenvalue weighted by Gasteiger charge is 2.04. The number of benzene rings is 2. The zero-order valence-electron chi connectivity index (χ0n) is 14.8. The summed E-state index contributed by atoms with van der Waals surface area (Å²) in [4.78, 5) is 12.0. The Morgan fingerprint density at radius 3 is 2.16 bits per heavy atom. The first-order valence-electron chi connectivity index (χ1n) is 8.53. The highest BCUT2D eigenvalue weighted by molar-refractivity contribution is 5.91. The van der Waals surface area contributed by atoms with E-state index >= 15 is 0 Å². The van der Waals surface area contributed by atoms with Crippen LogP contribution in [0.5, 0.6) is 11.5 Å². The first-order valence-corrected chi connectivity index (χ1v) is 8.53. The van der Waals surface area contributed by atoms with E-state index in [0.717, 1.165) is 12.2 Å². The van der Waals surface area contributed by atoms with E-state index in [2.05, 4.69) is 12.2 Å². The van der Waals surface area contributed by atoms with Gasteiger partial charge in [-0.2, -0.15) is 0 Å². The Hall–Kier alpha value is -2.53. The largest absolute Gasteiger partial charge is 0.491 e. The third kappa shape index (κ3) is 6.85. The maximum atomic E-state index is 12.0. The molecule has 25 heavy (non-hydrogen) atoms. The van der Waals surface area contributed by atoms with Crippen LogP contribution in [-0.4, -0.2) is 32.3 Å². The number of rotatable bonds is 10. The van der Waals surface area contributed by atoms with E-state index in [0.29, 0.717) is 31.3 Å². The summed E-state index contributed by atoms with van der Waals surface area (Å²) in [5.74, 6) is 1.22.